The molecule has 0 saturated carbocycles. The van der Waals surface area contributed by atoms with Crippen LogP contribution in [0.15, 0.2) is 84.9 Å². The number of hydrogen-bond donors (Lipinski definition) is 0. The maximum Gasteiger partial charge on any atom is 0.119 e. The first-order chi connectivity index (χ1) is 14.3. The third kappa shape index (κ3) is 5.29. The van der Waals surface area contributed by atoms with E-state index in [4.69, 9.17) is 16.3 Å². The molecule has 2 nitrogen and oxygen atoms in total. The lowest BCUT2D eigenvalue weighted by atomic mass is 9.88. The quantitative estimate of drug-likeness (QED) is 0.248. The highest BCUT2D eigenvalue weighted by molar-refractivity contribution is 6.18. The summed E-state index contributed by atoms with van der Waals surface area (Å²) in [5, 5.41) is 0. The van der Waals surface area contributed by atoms with Crippen molar-refractivity contribution in [3.05, 3.63) is 102 Å². The van der Waals surface area contributed by atoms with E-state index in [2.05, 4.69) is 83.8 Å². The normalized spacial score (nSPS) is 14.4. The summed E-state index contributed by atoms with van der Waals surface area (Å²) in [6.45, 7) is 4.15. The summed E-state index contributed by atoms with van der Waals surface area (Å²) in [5.74, 6) is 1.50. The van der Waals surface area contributed by atoms with Crippen LogP contribution < -0.4 is 4.74 Å². The standard InChI is InChI=1S/C26H26ClNO/c27-16-15-25(21-7-3-1-4-8-21)26(22-9-5-2-6-10-22)23-11-13-24(14-12-23)29-20-19-28-17-18-28/h1-14H,15-20H2/b26-25+. The Labute approximate surface area is 178 Å². The van der Waals surface area contributed by atoms with Crippen LogP contribution in [0.1, 0.15) is 23.1 Å². The van der Waals surface area contributed by atoms with Gasteiger partial charge >= 0.3 is 0 Å². The first-order valence-electron chi connectivity index (χ1n) is 10.2. The number of nitrogens with zero attached hydrogens (tertiary/aromatic N) is 1. The van der Waals surface area contributed by atoms with Crippen molar-refractivity contribution in [2.75, 3.05) is 32.1 Å². The average Bonchev–Trinajstić information content (AvgIpc) is 3.60. The van der Waals surface area contributed by atoms with E-state index >= 15 is 0 Å². The average molecular weight is 404 g/mol. The molecule has 29 heavy (non-hydrogen) atoms. The lowest BCUT2D eigenvalue weighted by molar-refractivity contribution is 0.292. The van der Waals surface area contributed by atoms with Crippen LogP contribution in [-0.4, -0.2) is 37.0 Å². The molecule has 0 spiro atoms. The van der Waals surface area contributed by atoms with Gasteiger partial charge in [-0.25, -0.2) is 0 Å². The van der Waals surface area contributed by atoms with Crippen LogP contribution in [0.4, 0.5) is 0 Å². The molecule has 3 aromatic carbocycles. The summed E-state index contributed by atoms with van der Waals surface area (Å²) in [7, 11) is 0. The van der Waals surface area contributed by atoms with Crippen molar-refractivity contribution in [1.82, 2.24) is 4.90 Å². The van der Waals surface area contributed by atoms with E-state index in [0.29, 0.717) is 5.88 Å². The fraction of sp³-hybridized carbons (Fsp3) is 0.231. The van der Waals surface area contributed by atoms with Crippen LogP contribution in [0.5, 0.6) is 5.75 Å². The number of allylic oxidation sites excluding steroid dienone is 1. The van der Waals surface area contributed by atoms with Gasteiger partial charge in [-0.15, -0.1) is 11.6 Å². The van der Waals surface area contributed by atoms with Crippen molar-refractivity contribution in [3.63, 3.8) is 0 Å². The minimum Gasteiger partial charge on any atom is -0.492 e. The van der Waals surface area contributed by atoms with Gasteiger partial charge in [-0.1, -0.05) is 72.8 Å². The third-order valence-corrected chi connectivity index (χ3v) is 5.38. The van der Waals surface area contributed by atoms with E-state index in [1.165, 1.54) is 40.9 Å². The van der Waals surface area contributed by atoms with Crippen molar-refractivity contribution >= 4 is 22.7 Å². The fourth-order valence-corrected chi connectivity index (χ4v) is 3.76. The minimum absolute atomic E-state index is 0.582. The molecule has 0 amide bonds. The minimum atomic E-state index is 0.582. The molecule has 1 aliphatic heterocycles. The molecule has 0 atom stereocenters. The maximum absolute atomic E-state index is 6.22. The summed E-state index contributed by atoms with van der Waals surface area (Å²) in [6, 6.07) is 29.6. The van der Waals surface area contributed by atoms with Crippen molar-refractivity contribution in [2.24, 2.45) is 0 Å². The zero-order valence-corrected chi connectivity index (χ0v) is 17.3. The van der Waals surface area contributed by atoms with Crippen LogP contribution in [0.25, 0.3) is 11.1 Å². The van der Waals surface area contributed by atoms with E-state index in [1.807, 2.05) is 6.07 Å². The lowest BCUT2D eigenvalue weighted by Gasteiger charge is -2.17. The van der Waals surface area contributed by atoms with Crippen molar-refractivity contribution in [3.8, 4) is 5.75 Å². The van der Waals surface area contributed by atoms with Crippen LogP contribution in [0.2, 0.25) is 0 Å². The van der Waals surface area contributed by atoms with Gasteiger partial charge in [0.15, 0.2) is 0 Å². The summed E-state index contributed by atoms with van der Waals surface area (Å²) in [6.07, 6.45) is 0.809. The van der Waals surface area contributed by atoms with Gasteiger partial charge in [-0.05, 0) is 46.4 Å². The first kappa shape index (κ1) is 19.8. The van der Waals surface area contributed by atoms with Gasteiger partial charge in [-0.3, -0.25) is 4.90 Å². The summed E-state index contributed by atoms with van der Waals surface area (Å²) >= 11 is 6.22. The lowest BCUT2D eigenvalue weighted by Crippen LogP contribution is -2.10. The molecule has 3 aromatic rings. The molecule has 1 saturated heterocycles. The monoisotopic (exact) mass is 403 g/mol. The first-order valence-corrected chi connectivity index (χ1v) is 10.7. The Balaban J connectivity index is 1.70. The largest absolute Gasteiger partial charge is 0.492 e. The van der Waals surface area contributed by atoms with Crippen LogP contribution >= 0.6 is 11.6 Å². The topological polar surface area (TPSA) is 12.2 Å². The van der Waals surface area contributed by atoms with Crippen LogP contribution in [0, 0.1) is 0 Å². The van der Waals surface area contributed by atoms with E-state index in [-0.39, 0.29) is 0 Å². The molecule has 0 aliphatic carbocycles. The van der Waals surface area contributed by atoms with E-state index in [1.54, 1.807) is 0 Å². The summed E-state index contributed by atoms with van der Waals surface area (Å²) in [5.41, 5.74) is 6.09. The van der Waals surface area contributed by atoms with Crippen LogP contribution in [-0.2, 0) is 0 Å². The molecule has 4 rings (SSSR count). The van der Waals surface area contributed by atoms with Gasteiger partial charge in [0.2, 0.25) is 0 Å². The Morgan fingerprint density at radius 2 is 1.34 bits per heavy atom. The van der Waals surface area contributed by atoms with Gasteiger partial charge < -0.3 is 4.74 Å². The highest BCUT2D eigenvalue weighted by atomic mass is 35.5. The second-order valence-corrected chi connectivity index (χ2v) is 7.62. The van der Waals surface area contributed by atoms with E-state index in [0.717, 1.165) is 25.3 Å². The van der Waals surface area contributed by atoms with E-state index in [9.17, 15) is 0 Å². The molecule has 1 fully saturated rings. The molecular formula is C26H26ClNO. The number of alkyl halides is 1. The number of ether oxygens (including phenoxy) is 1. The SMILES string of the molecule is ClCC/C(=C(/c1ccccc1)c1ccc(OCCN2CC2)cc1)c1ccccc1. The van der Waals surface area contributed by atoms with Gasteiger partial charge in [0.1, 0.15) is 12.4 Å². The molecule has 0 aromatic heterocycles. The summed E-state index contributed by atoms with van der Waals surface area (Å²) in [4.78, 5) is 2.36. The summed E-state index contributed by atoms with van der Waals surface area (Å²) < 4.78 is 5.91. The highest BCUT2D eigenvalue weighted by Gasteiger charge is 2.16. The van der Waals surface area contributed by atoms with Gasteiger partial charge in [0.05, 0.1) is 0 Å². The zero-order valence-electron chi connectivity index (χ0n) is 16.6. The Morgan fingerprint density at radius 3 is 1.93 bits per heavy atom. The van der Waals surface area contributed by atoms with Gasteiger partial charge in [0.25, 0.3) is 0 Å². The molecule has 0 bridgehead atoms. The highest BCUT2D eigenvalue weighted by Crippen LogP contribution is 2.35. The maximum atomic E-state index is 6.22. The molecule has 1 heterocycles. The Hall–Kier alpha value is -2.55. The molecule has 1 aliphatic rings. The van der Waals surface area contributed by atoms with Crippen molar-refractivity contribution in [2.45, 2.75) is 6.42 Å². The zero-order chi connectivity index (χ0) is 19.9. The van der Waals surface area contributed by atoms with Crippen molar-refractivity contribution in [1.29, 1.82) is 0 Å². The second kappa shape index (κ2) is 9.78. The molecule has 148 valence electrons. The predicted octanol–water partition coefficient (Wildman–Crippen LogP) is 5.97. The predicted molar refractivity (Wildman–Crippen MR) is 123 cm³/mol. The number of rotatable bonds is 9. The number of halogens is 1. The van der Waals surface area contributed by atoms with E-state index < -0.39 is 0 Å². The van der Waals surface area contributed by atoms with Crippen molar-refractivity contribution < 1.29 is 4.74 Å². The third-order valence-electron chi connectivity index (χ3n) is 5.19. The van der Waals surface area contributed by atoms with Gasteiger partial charge in [0, 0.05) is 25.5 Å². The second-order valence-electron chi connectivity index (χ2n) is 7.24. The van der Waals surface area contributed by atoms with Gasteiger partial charge in [-0.2, -0.15) is 0 Å². The molecular weight excluding hydrogens is 378 g/mol. The fourth-order valence-electron chi connectivity index (χ4n) is 3.57. The van der Waals surface area contributed by atoms with Crippen LogP contribution in [0.3, 0.4) is 0 Å². The smallest absolute Gasteiger partial charge is 0.119 e. The molecule has 0 N–H and O–H groups in total. The molecule has 3 heteroatoms. The Kier molecular flexibility index (Phi) is 6.66. The Morgan fingerprint density at radius 1 is 0.759 bits per heavy atom. The molecule has 0 unspecified atom stereocenters. The number of benzene rings is 3. The Bertz CT molecular complexity index is 931. The molecule has 0 radical (unpaired) electrons. The number of hydrogen-bond acceptors (Lipinski definition) is 2.